The predicted octanol–water partition coefficient (Wildman–Crippen LogP) is 5.59. The molecule has 1 aromatic rings. The topological polar surface area (TPSA) is 29.1 Å². The van der Waals surface area contributed by atoms with E-state index in [2.05, 4.69) is 62.2 Å². The zero-order chi connectivity index (χ0) is 18.1. The highest BCUT2D eigenvalue weighted by Crippen LogP contribution is 2.28. The van der Waals surface area contributed by atoms with E-state index in [1.807, 2.05) is 26.8 Å². The highest BCUT2D eigenvalue weighted by Gasteiger charge is 2.19. The van der Waals surface area contributed by atoms with Gasteiger partial charge in [0.05, 0.1) is 12.5 Å². The van der Waals surface area contributed by atoms with Crippen LogP contribution in [-0.4, -0.2) is 5.91 Å². The van der Waals surface area contributed by atoms with Gasteiger partial charge in [-0.05, 0) is 51.3 Å². The molecule has 0 aromatic heterocycles. The molecule has 0 spiro atoms. The summed E-state index contributed by atoms with van der Waals surface area (Å²) < 4.78 is 0. The molecule has 1 rings (SSSR count). The first-order valence-corrected chi connectivity index (χ1v) is 8.39. The van der Waals surface area contributed by atoms with Gasteiger partial charge in [-0.25, -0.2) is 0 Å². The third-order valence-electron chi connectivity index (χ3n) is 4.22. The van der Waals surface area contributed by atoms with Gasteiger partial charge in [0.1, 0.15) is 0 Å². The Labute approximate surface area is 146 Å². The van der Waals surface area contributed by atoms with Crippen LogP contribution in [0.4, 0.5) is 0 Å². The Morgan fingerprint density at radius 1 is 1.12 bits per heavy atom. The van der Waals surface area contributed by atoms with Crippen LogP contribution in [0, 0.1) is 6.92 Å². The molecule has 1 amide bonds. The molecular formula is C22H29NO. The van der Waals surface area contributed by atoms with Crippen LogP contribution in [0.25, 0.3) is 0 Å². The first kappa shape index (κ1) is 19.7. The fraction of sp³-hybridized carbons (Fsp3) is 0.318. The summed E-state index contributed by atoms with van der Waals surface area (Å²) in [5.74, 6) is -0.00294. The van der Waals surface area contributed by atoms with E-state index in [0.29, 0.717) is 6.42 Å². The Kier molecular flexibility index (Phi) is 7.97. The second-order valence-electron chi connectivity index (χ2n) is 5.87. The molecule has 0 aliphatic carbocycles. The number of carbonyl (C=O) groups excluding carboxylic acids is 1. The number of hydrogen-bond acceptors (Lipinski definition) is 1. The van der Waals surface area contributed by atoms with Gasteiger partial charge in [-0.2, -0.15) is 0 Å². The molecule has 0 aliphatic rings. The molecule has 1 aromatic carbocycles. The van der Waals surface area contributed by atoms with Crippen LogP contribution in [-0.2, 0) is 4.79 Å². The quantitative estimate of drug-likeness (QED) is 0.651. The van der Waals surface area contributed by atoms with Gasteiger partial charge in [-0.3, -0.25) is 4.79 Å². The van der Waals surface area contributed by atoms with Crippen molar-refractivity contribution >= 4 is 5.91 Å². The smallest absolute Gasteiger partial charge is 0.225 e. The van der Waals surface area contributed by atoms with E-state index < -0.39 is 0 Å². The number of rotatable bonds is 7. The normalized spacial score (nSPS) is 14.3. The Hall–Kier alpha value is -2.35. The van der Waals surface area contributed by atoms with Crippen molar-refractivity contribution < 1.29 is 4.79 Å². The lowest BCUT2D eigenvalue weighted by molar-refractivity contribution is -0.120. The number of allylic oxidation sites excluding steroid dienone is 4. The average molecular weight is 323 g/mol. The summed E-state index contributed by atoms with van der Waals surface area (Å²) in [7, 11) is 0. The van der Waals surface area contributed by atoms with Crippen LogP contribution >= 0.6 is 0 Å². The van der Waals surface area contributed by atoms with Crippen molar-refractivity contribution in [2.24, 2.45) is 0 Å². The van der Waals surface area contributed by atoms with E-state index in [4.69, 9.17) is 0 Å². The van der Waals surface area contributed by atoms with Crippen molar-refractivity contribution in [1.29, 1.82) is 0 Å². The van der Waals surface area contributed by atoms with Gasteiger partial charge in [-0.15, -0.1) is 0 Å². The van der Waals surface area contributed by atoms with Gasteiger partial charge in [0.15, 0.2) is 0 Å². The largest absolute Gasteiger partial charge is 0.345 e. The Morgan fingerprint density at radius 2 is 1.75 bits per heavy atom. The number of carbonyl (C=O) groups is 1. The molecule has 0 aliphatic heterocycles. The van der Waals surface area contributed by atoms with Gasteiger partial charge >= 0.3 is 0 Å². The van der Waals surface area contributed by atoms with Crippen molar-refractivity contribution in [3.8, 4) is 0 Å². The summed E-state index contributed by atoms with van der Waals surface area (Å²) in [5.41, 5.74) is 5.51. The maximum Gasteiger partial charge on any atom is 0.225 e. The molecule has 2 nitrogen and oxygen atoms in total. The summed E-state index contributed by atoms with van der Waals surface area (Å²) >= 11 is 0. The molecule has 0 heterocycles. The minimum atomic E-state index is -0.151. The molecule has 2 heteroatoms. The fourth-order valence-corrected chi connectivity index (χ4v) is 2.58. The van der Waals surface area contributed by atoms with Gasteiger partial charge < -0.3 is 5.32 Å². The lowest BCUT2D eigenvalue weighted by Crippen LogP contribution is -2.30. The van der Waals surface area contributed by atoms with E-state index >= 15 is 0 Å². The van der Waals surface area contributed by atoms with Crippen molar-refractivity contribution in [2.45, 2.75) is 47.1 Å². The Bertz CT molecular complexity index is 660. The van der Waals surface area contributed by atoms with Crippen molar-refractivity contribution in [3.63, 3.8) is 0 Å². The monoisotopic (exact) mass is 323 g/mol. The van der Waals surface area contributed by atoms with Crippen LogP contribution < -0.4 is 5.32 Å². The van der Waals surface area contributed by atoms with Crippen LogP contribution in [0.2, 0.25) is 0 Å². The van der Waals surface area contributed by atoms with Gasteiger partial charge in [0.2, 0.25) is 5.91 Å². The Morgan fingerprint density at radius 3 is 2.21 bits per heavy atom. The summed E-state index contributed by atoms with van der Waals surface area (Å²) in [6, 6.07) is 8.16. The predicted molar refractivity (Wildman–Crippen MR) is 104 cm³/mol. The third kappa shape index (κ3) is 5.38. The molecule has 0 fully saturated rings. The zero-order valence-electron chi connectivity index (χ0n) is 15.5. The number of hydrogen-bond donors (Lipinski definition) is 1. The zero-order valence-corrected chi connectivity index (χ0v) is 15.5. The molecule has 0 bridgehead atoms. The molecule has 24 heavy (non-hydrogen) atoms. The van der Waals surface area contributed by atoms with Gasteiger partial charge in [0.25, 0.3) is 0 Å². The van der Waals surface area contributed by atoms with Gasteiger partial charge in [0, 0.05) is 0 Å². The lowest BCUT2D eigenvalue weighted by atomic mass is 9.92. The summed E-state index contributed by atoms with van der Waals surface area (Å²) in [4.78, 5) is 12.5. The summed E-state index contributed by atoms with van der Waals surface area (Å²) in [6.07, 6.45) is 8.14. The SMILES string of the molecule is C=C/C(=C\C)CC(=O)NC(C(=C/C)/C(C)=C\C)c1ccc(C)cc1. The molecule has 0 saturated carbocycles. The molecule has 1 unspecified atom stereocenters. The van der Waals surface area contributed by atoms with Crippen LogP contribution in [0.3, 0.4) is 0 Å². The second-order valence-corrected chi connectivity index (χ2v) is 5.87. The van der Waals surface area contributed by atoms with E-state index in [9.17, 15) is 4.79 Å². The summed E-state index contributed by atoms with van der Waals surface area (Å²) in [6.45, 7) is 13.8. The number of amides is 1. The lowest BCUT2D eigenvalue weighted by Gasteiger charge is -2.23. The molecule has 1 atom stereocenters. The highest BCUT2D eigenvalue weighted by molar-refractivity contribution is 5.80. The van der Waals surface area contributed by atoms with Gasteiger partial charge in [-0.1, -0.05) is 66.3 Å². The number of benzene rings is 1. The van der Waals surface area contributed by atoms with Crippen molar-refractivity contribution in [1.82, 2.24) is 5.32 Å². The molecule has 0 saturated heterocycles. The van der Waals surface area contributed by atoms with E-state index in [1.54, 1.807) is 6.08 Å². The molecule has 0 radical (unpaired) electrons. The maximum absolute atomic E-state index is 12.5. The first-order chi connectivity index (χ1) is 11.5. The minimum absolute atomic E-state index is 0.00294. The third-order valence-corrected chi connectivity index (χ3v) is 4.22. The standard InChI is InChI=1S/C22H29NO/c1-7-17(6)20(10-4)22(19-13-11-16(5)12-14-19)23-21(24)15-18(8-2)9-3/h7-14,22H,2,15H2,1,3-6H3,(H,23,24)/b17-7-,18-9+,20-10+. The van der Waals surface area contributed by atoms with E-state index in [1.165, 1.54) is 11.1 Å². The second kappa shape index (κ2) is 9.71. The van der Waals surface area contributed by atoms with E-state index in [0.717, 1.165) is 16.7 Å². The maximum atomic E-state index is 12.5. The van der Waals surface area contributed by atoms with E-state index in [-0.39, 0.29) is 11.9 Å². The van der Waals surface area contributed by atoms with Crippen LogP contribution in [0.5, 0.6) is 0 Å². The average Bonchev–Trinajstić information content (AvgIpc) is 2.59. The van der Waals surface area contributed by atoms with Crippen molar-refractivity contribution in [3.05, 3.63) is 83.0 Å². The molecular weight excluding hydrogens is 294 g/mol. The van der Waals surface area contributed by atoms with Crippen molar-refractivity contribution in [2.75, 3.05) is 0 Å². The van der Waals surface area contributed by atoms with Crippen LogP contribution in [0.15, 0.2) is 71.9 Å². The fourth-order valence-electron chi connectivity index (χ4n) is 2.58. The minimum Gasteiger partial charge on any atom is -0.345 e. The summed E-state index contributed by atoms with van der Waals surface area (Å²) in [5, 5.41) is 3.18. The molecule has 1 N–H and O–H groups in total. The number of nitrogens with one attached hydrogen (secondary N) is 1. The van der Waals surface area contributed by atoms with Crippen LogP contribution in [0.1, 0.15) is 51.3 Å². The molecule has 128 valence electrons. The number of aryl methyl sites for hydroxylation is 1. The highest BCUT2D eigenvalue weighted by atomic mass is 16.1. The Balaban J connectivity index is 3.16. The first-order valence-electron chi connectivity index (χ1n) is 8.39.